The van der Waals surface area contributed by atoms with Crippen LogP contribution in [0.4, 0.5) is 0 Å². The van der Waals surface area contributed by atoms with Crippen LogP contribution in [0.1, 0.15) is 18.4 Å². The Bertz CT molecular complexity index is 283. The van der Waals surface area contributed by atoms with Crippen LogP contribution in [0.5, 0.6) is 0 Å². The van der Waals surface area contributed by atoms with Gasteiger partial charge in [0.25, 0.3) is 0 Å². The topological polar surface area (TPSA) is 25.8 Å². The van der Waals surface area contributed by atoms with Crippen molar-refractivity contribution in [3.8, 4) is 0 Å². The van der Waals surface area contributed by atoms with Crippen LogP contribution in [0, 0.1) is 6.92 Å². The molecule has 0 saturated heterocycles. The number of rotatable bonds is 3. The molecule has 0 aromatic carbocycles. The van der Waals surface area contributed by atoms with Crippen LogP contribution in [0.2, 0.25) is 5.15 Å². The van der Waals surface area contributed by atoms with Gasteiger partial charge in [-0.25, -0.2) is 9.97 Å². The predicted molar refractivity (Wildman–Crippen MR) is 61.3 cm³/mol. The lowest BCUT2D eigenvalue weighted by molar-refractivity contribution is 0.984. The van der Waals surface area contributed by atoms with E-state index in [1.54, 1.807) is 11.8 Å². The van der Waals surface area contributed by atoms with Crippen molar-refractivity contribution in [2.45, 2.75) is 19.6 Å². The molecule has 0 N–H and O–H groups in total. The Kier molecular flexibility index (Phi) is 4.49. The van der Waals surface area contributed by atoms with Gasteiger partial charge in [0.15, 0.2) is 0 Å². The minimum absolute atomic E-state index is 0.499. The molecule has 0 amide bonds. The van der Waals surface area contributed by atoms with E-state index in [0.717, 1.165) is 27.5 Å². The summed E-state index contributed by atoms with van der Waals surface area (Å²) in [7, 11) is 0. The third-order valence-corrected chi connectivity index (χ3v) is 3.78. The number of hydrogen-bond donors (Lipinski definition) is 0. The van der Waals surface area contributed by atoms with Gasteiger partial charge in [0.05, 0.1) is 15.9 Å². The normalized spacial score (nSPS) is 10.5. The number of aryl methyl sites for hydroxylation is 1. The third-order valence-electron chi connectivity index (χ3n) is 1.46. The molecule has 0 bridgehead atoms. The first kappa shape index (κ1) is 11.3. The molecule has 1 heterocycles. The van der Waals surface area contributed by atoms with Gasteiger partial charge in [0.1, 0.15) is 11.0 Å². The number of hydrogen-bond acceptors (Lipinski definition) is 3. The van der Waals surface area contributed by atoms with Gasteiger partial charge in [-0.3, -0.25) is 0 Å². The zero-order valence-corrected chi connectivity index (χ0v) is 10.6. The lowest BCUT2D eigenvalue weighted by atomic mass is 10.4. The first-order valence-electron chi connectivity index (χ1n) is 3.91. The molecule has 0 aliphatic carbocycles. The number of halogens is 2. The summed E-state index contributed by atoms with van der Waals surface area (Å²) >= 11 is 11.0. The van der Waals surface area contributed by atoms with Gasteiger partial charge in [0.2, 0.25) is 0 Å². The fraction of sp³-hybridized carbons (Fsp3) is 0.500. The summed E-state index contributed by atoms with van der Waals surface area (Å²) in [5.41, 5.74) is 0.895. The lowest BCUT2D eigenvalue weighted by Gasteiger charge is -2.03. The van der Waals surface area contributed by atoms with Crippen LogP contribution in [0.15, 0.2) is 4.47 Å². The highest BCUT2D eigenvalue weighted by Gasteiger charge is 2.06. The van der Waals surface area contributed by atoms with Crippen LogP contribution in [-0.4, -0.2) is 15.7 Å². The Hall–Kier alpha value is 0.200. The molecule has 13 heavy (non-hydrogen) atoms. The van der Waals surface area contributed by atoms with Gasteiger partial charge < -0.3 is 0 Å². The molecule has 0 saturated carbocycles. The molecule has 0 aliphatic heterocycles. The molecule has 1 rings (SSSR count). The van der Waals surface area contributed by atoms with E-state index in [0.29, 0.717) is 5.15 Å². The maximum absolute atomic E-state index is 5.89. The molecular weight excluding hydrogens is 272 g/mol. The van der Waals surface area contributed by atoms with Crippen LogP contribution < -0.4 is 0 Å². The number of nitrogens with zero attached hydrogens (tertiary/aromatic N) is 2. The maximum atomic E-state index is 5.89. The SMILES string of the molecule is CCSCc1nc(C)c(Br)c(Cl)n1. The molecule has 5 heteroatoms. The van der Waals surface area contributed by atoms with Crippen molar-refractivity contribution < 1.29 is 0 Å². The van der Waals surface area contributed by atoms with E-state index in [1.807, 2.05) is 6.92 Å². The molecule has 0 spiro atoms. The molecule has 0 atom stereocenters. The highest BCUT2D eigenvalue weighted by Crippen LogP contribution is 2.23. The van der Waals surface area contributed by atoms with E-state index in [4.69, 9.17) is 11.6 Å². The average molecular weight is 282 g/mol. The maximum Gasteiger partial charge on any atom is 0.147 e. The molecule has 0 radical (unpaired) electrons. The van der Waals surface area contributed by atoms with Crippen molar-refractivity contribution in [3.05, 3.63) is 21.1 Å². The van der Waals surface area contributed by atoms with Crippen LogP contribution in [-0.2, 0) is 5.75 Å². The Labute approximate surface area is 95.6 Å². The molecule has 2 nitrogen and oxygen atoms in total. The Morgan fingerprint density at radius 3 is 2.69 bits per heavy atom. The molecule has 72 valence electrons. The largest absolute Gasteiger partial charge is 0.236 e. The summed E-state index contributed by atoms with van der Waals surface area (Å²) in [6.07, 6.45) is 0. The standard InChI is InChI=1S/C8H10BrClN2S/c1-3-13-4-6-11-5(2)7(9)8(10)12-6/h3-4H2,1-2H3. The molecule has 1 aromatic heterocycles. The number of thioether (sulfide) groups is 1. The summed E-state index contributed by atoms with van der Waals surface area (Å²) in [6, 6.07) is 0. The summed E-state index contributed by atoms with van der Waals surface area (Å²) in [4.78, 5) is 8.47. The van der Waals surface area contributed by atoms with E-state index < -0.39 is 0 Å². The Balaban J connectivity index is 2.86. The van der Waals surface area contributed by atoms with Crippen LogP contribution in [0.3, 0.4) is 0 Å². The molecular formula is C8H10BrClN2S. The highest BCUT2D eigenvalue weighted by atomic mass is 79.9. The summed E-state index contributed by atoms with van der Waals surface area (Å²) in [6.45, 7) is 4.02. The van der Waals surface area contributed by atoms with Gasteiger partial charge in [-0.2, -0.15) is 11.8 Å². The fourth-order valence-electron chi connectivity index (χ4n) is 0.837. The van der Waals surface area contributed by atoms with E-state index in [2.05, 4.69) is 32.8 Å². The second-order valence-electron chi connectivity index (χ2n) is 2.47. The van der Waals surface area contributed by atoms with Gasteiger partial charge >= 0.3 is 0 Å². The quantitative estimate of drug-likeness (QED) is 0.794. The van der Waals surface area contributed by atoms with Crippen molar-refractivity contribution in [1.29, 1.82) is 0 Å². The van der Waals surface area contributed by atoms with Crippen LogP contribution >= 0.6 is 39.3 Å². The fourth-order valence-corrected chi connectivity index (χ4v) is 1.76. The molecule has 0 fully saturated rings. The Morgan fingerprint density at radius 1 is 1.46 bits per heavy atom. The Morgan fingerprint density at radius 2 is 2.15 bits per heavy atom. The second-order valence-corrected chi connectivity index (χ2v) is 4.89. The van der Waals surface area contributed by atoms with Crippen molar-refractivity contribution in [3.63, 3.8) is 0 Å². The third kappa shape index (κ3) is 3.11. The van der Waals surface area contributed by atoms with Gasteiger partial charge in [0, 0.05) is 0 Å². The zero-order chi connectivity index (χ0) is 9.84. The first-order chi connectivity index (χ1) is 6.15. The van der Waals surface area contributed by atoms with Gasteiger partial charge in [-0.15, -0.1) is 0 Å². The number of aromatic nitrogens is 2. The predicted octanol–water partition coefficient (Wildman–Crippen LogP) is 3.45. The summed E-state index contributed by atoms with van der Waals surface area (Å²) in [5.74, 6) is 2.69. The van der Waals surface area contributed by atoms with E-state index in [1.165, 1.54) is 0 Å². The monoisotopic (exact) mass is 280 g/mol. The van der Waals surface area contributed by atoms with Gasteiger partial charge in [-0.1, -0.05) is 18.5 Å². The van der Waals surface area contributed by atoms with Crippen molar-refractivity contribution in [2.75, 3.05) is 5.75 Å². The van der Waals surface area contributed by atoms with Crippen molar-refractivity contribution in [2.24, 2.45) is 0 Å². The second kappa shape index (κ2) is 5.17. The molecule has 0 unspecified atom stereocenters. The highest BCUT2D eigenvalue weighted by molar-refractivity contribution is 9.10. The van der Waals surface area contributed by atoms with E-state index in [-0.39, 0.29) is 0 Å². The summed E-state index contributed by atoms with van der Waals surface area (Å²) in [5, 5.41) is 0.499. The van der Waals surface area contributed by atoms with E-state index >= 15 is 0 Å². The average Bonchev–Trinajstić information content (AvgIpc) is 2.10. The minimum Gasteiger partial charge on any atom is -0.236 e. The zero-order valence-electron chi connectivity index (χ0n) is 7.47. The summed E-state index contributed by atoms with van der Waals surface area (Å²) < 4.78 is 0.791. The smallest absolute Gasteiger partial charge is 0.147 e. The lowest BCUT2D eigenvalue weighted by Crippen LogP contribution is -1.97. The molecule has 1 aromatic rings. The molecule has 0 aliphatic rings. The van der Waals surface area contributed by atoms with Crippen molar-refractivity contribution in [1.82, 2.24) is 9.97 Å². The van der Waals surface area contributed by atoms with Gasteiger partial charge in [-0.05, 0) is 28.6 Å². The first-order valence-corrected chi connectivity index (χ1v) is 6.24. The van der Waals surface area contributed by atoms with Crippen LogP contribution in [0.25, 0.3) is 0 Å². The minimum atomic E-state index is 0.499. The van der Waals surface area contributed by atoms with E-state index in [9.17, 15) is 0 Å². The van der Waals surface area contributed by atoms with Crippen molar-refractivity contribution >= 4 is 39.3 Å².